The van der Waals surface area contributed by atoms with Gasteiger partial charge >= 0.3 is 0 Å². The van der Waals surface area contributed by atoms with Crippen LogP contribution in [-0.2, 0) is 23.0 Å². The molecule has 0 aromatic heterocycles. The number of hydrogen-bond donors (Lipinski definition) is 0. The highest BCUT2D eigenvalue weighted by molar-refractivity contribution is 7.89. The summed E-state index contributed by atoms with van der Waals surface area (Å²) in [5.74, 6) is -0.0644. The Labute approximate surface area is 179 Å². The van der Waals surface area contributed by atoms with Gasteiger partial charge in [0.25, 0.3) is 5.91 Å². The van der Waals surface area contributed by atoms with E-state index in [4.69, 9.17) is 0 Å². The smallest absolute Gasteiger partial charge is 0.254 e. The van der Waals surface area contributed by atoms with Gasteiger partial charge in [-0.05, 0) is 55.5 Å². The summed E-state index contributed by atoms with van der Waals surface area (Å²) in [6.07, 6.45) is 6.31. The first-order chi connectivity index (χ1) is 14.5. The third-order valence-corrected chi connectivity index (χ3v) is 8.27. The number of sulfonamides is 1. The summed E-state index contributed by atoms with van der Waals surface area (Å²) in [5.41, 5.74) is 2.72. The van der Waals surface area contributed by atoms with Gasteiger partial charge in [-0.25, -0.2) is 8.42 Å². The zero-order valence-electron chi connectivity index (χ0n) is 17.6. The van der Waals surface area contributed by atoms with Crippen molar-refractivity contribution in [3.05, 3.63) is 65.2 Å². The fraction of sp³-hybridized carbons (Fsp3) is 0.458. The molecule has 0 saturated heterocycles. The molecule has 160 valence electrons. The highest BCUT2D eigenvalue weighted by Gasteiger charge is 2.30. The van der Waals surface area contributed by atoms with Gasteiger partial charge < -0.3 is 4.90 Å². The average Bonchev–Trinajstić information content (AvgIpc) is 2.80. The van der Waals surface area contributed by atoms with E-state index < -0.39 is 10.0 Å². The first-order valence-corrected chi connectivity index (χ1v) is 12.4. The van der Waals surface area contributed by atoms with E-state index in [0.29, 0.717) is 31.6 Å². The lowest BCUT2D eigenvalue weighted by Crippen LogP contribution is -2.41. The number of nitrogens with zero attached hydrogens (tertiary/aromatic N) is 2. The predicted molar refractivity (Wildman–Crippen MR) is 118 cm³/mol. The first-order valence-electron chi connectivity index (χ1n) is 11.0. The molecule has 1 amide bonds. The number of carbonyl (C=O) groups is 1. The topological polar surface area (TPSA) is 57.7 Å². The quantitative estimate of drug-likeness (QED) is 0.719. The van der Waals surface area contributed by atoms with Gasteiger partial charge in [0.2, 0.25) is 10.0 Å². The highest BCUT2D eigenvalue weighted by Crippen LogP contribution is 2.27. The largest absolute Gasteiger partial charge is 0.336 e. The monoisotopic (exact) mass is 426 g/mol. The third kappa shape index (κ3) is 4.16. The van der Waals surface area contributed by atoms with Gasteiger partial charge in [0.1, 0.15) is 0 Å². The van der Waals surface area contributed by atoms with Crippen LogP contribution in [0, 0.1) is 0 Å². The van der Waals surface area contributed by atoms with E-state index in [1.165, 1.54) is 16.3 Å². The molecule has 5 nitrogen and oxygen atoms in total. The molecule has 6 heteroatoms. The lowest BCUT2D eigenvalue weighted by molar-refractivity contribution is 0.0647. The molecular weight excluding hydrogens is 396 g/mol. The molecule has 0 bridgehead atoms. The van der Waals surface area contributed by atoms with Crippen molar-refractivity contribution in [1.82, 2.24) is 9.21 Å². The van der Waals surface area contributed by atoms with Crippen LogP contribution in [0.5, 0.6) is 0 Å². The normalized spacial score (nSPS) is 18.0. The number of carbonyl (C=O) groups excluding carboxylic acids is 1. The van der Waals surface area contributed by atoms with Crippen molar-refractivity contribution in [3.8, 4) is 0 Å². The van der Waals surface area contributed by atoms with Gasteiger partial charge in [-0.3, -0.25) is 4.79 Å². The van der Waals surface area contributed by atoms with Crippen LogP contribution in [0.1, 0.15) is 60.5 Å². The van der Waals surface area contributed by atoms with Crippen LogP contribution in [0.25, 0.3) is 0 Å². The molecule has 2 aromatic carbocycles. The molecule has 2 aliphatic rings. The molecule has 0 N–H and O–H groups in total. The number of amides is 1. The Bertz CT molecular complexity index is 1010. The number of rotatable bonds is 5. The Balaban J connectivity index is 1.57. The van der Waals surface area contributed by atoms with Gasteiger partial charge in [0.15, 0.2) is 0 Å². The summed E-state index contributed by atoms with van der Waals surface area (Å²) < 4.78 is 28.2. The summed E-state index contributed by atoms with van der Waals surface area (Å²) in [5, 5.41) is 0. The van der Waals surface area contributed by atoms with E-state index in [-0.39, 0.29) is 16.8 Å². The maximum absolute atomic E-state index is 13.3. The molecule has 1 aliphatic heterocycles. The summed E-state index contributed by atoms with van der Waals surface area (Å²) in [6.45, 7) is 3.47. The zero-order chi connectivity index (χ0) is 21.1. The lowest BCUT2D eigenvalue weighted by Gasteiger charge is -2.34. The second-order valence-corrected chi connectivity index (χ2v) is 10.2. The van der Waals surface area contributed by atoms with Gasteiger partial charge in [0.05, 0.1) is 4.90 Å². The minimum absolute atomic E-state index is 0.0644. The van der Waals surface area contributed by atoms with Gasteiger partial charge in [-0.2, -0.15) is 4.31 Å². The van der Waals surface area contributed by atoms with Crippen LogP contribution < -0.4 is 0 Å². The van der Waals surface area contributed by atoms with E-state index in [1.54, 1.807) is 24.3 Å². The summed E-state index contributed by atoms with van der Waals surface area (Å²) in [4.78, 5) is 15.3. The maximum Gasteiger partial charge on any atom is 0.254 e. The molecule has 30 heavy (non-hydrogen) atoms. The van der Waals surface area contributed by atoms with Crippen molar-refractivity contribution in [3.63, 3.8) is 0 Å². The Kier molecular flexibility index (Phi) is 6.25. The minimum Gasteiger partial charge on any atom is -0.336 e. The maximum atomic E-state index is 13.3. The average molecular weight is 427 g/mol. The van der Waals surface area contributed by atoms with Crippen molar-refractivity contribution in [2.75, 3.05) is 13.1 Å². The first kappa shape index (κ1) is 21.1. The Morgan fingerprint density at radius 1 is 1.03 bits per heavy atom. The molecule has 1 heterocycles. The zero-order valence-corrected chi connectivity index (χ0v) is 18.4. The molecule has 2 aromatic rings. The molecular formula is C24H30N2O3S. The molecule has 1 saturated carbocycles. The van der Waals surface area contributed by atoms with Crippen molar-refractivity contribution >= 4 is 15.9 Å². The summed E-state index contributed by atoms with van der Waals surface area (Å²) >= 11 is 0. The van der Waals surface area contributed by atoms with Crippen molar-refractivity contribution in [1.29, 1.82) is 0 Å². The Morgan fingerprint density at radius 2 is 1.77 bits per heavy atom. The molecule has 1 fully saturated rings. The van der Waals surface area contributed by atoms with Crippen molar-refractivity contribution in [2.24, 2.45) is 0 Å². The fourth-order valence-corrected chi connectivity index (χ4v) is 6.21. The van der Waals surface area contributed by atoms with Crippen LogP contribution >= 0.6 is 0 Å². The van der Waals surface area contributed by atoms with Crippen molar-refractivity contribution < 1.29 is 13.2 Å². The van der Waals surface area contributed by atoms with Crippen LogP contribution in [0.4, 0.5) is 0 Å². The second-order valence-electron chi connectivity index (χ2n) is 8.27. The van der Waals surface area contributed by atoms with Crippen LogP contribution in [-0.4, -0.2) is 42.7 Å². The second kappa shape index (κ2) is 8.90. The fourth-order valence-electron chi connectivity index (χ4n) is 4.74. The van der Waals surface area contributed by atoms with E-state index in [0.717, 1.165) is 31.2 Å². The van der Waals surface area contributed by atoms with E-state index in [1.807, 2.05) is 30.0 Å². The van der Waals surface area contributed by atoms with E-state index >= 15 is 0 Å². The molecule has 4 rings (SSSR count). The number of benzene rings is 2. The number of hydrogen-bond acceptors (Lipinski definition) is 3. The highest BCUT2D eigenvalue weighted by atomic mass is 32.2. The van der Waals surface area contributed by atoms with Gasteiger partial charge in [-0.1, -0.05) is 49.6 Å². The van der Waals surface area contributed by atoms with Gasteiger partial charge in [0, 0.05) is 31.2 Å². The van der Waals surface area contributed by atoms with Crippen molar-refractivity contribution in [2.45, 2.75) is 62.9 Å². The predicted octanol–water partition coefficient (Wildman–Crippen LogP) is 4.23. The standard InChI is InChI=1S/C24H30N2O3S/c1-2-26(22-12-4-3-5-13-22)24(27)20-11-8-14-23(17-20)30(28,29)25-16-15-19-9-6-7-10-21(19)18-25/h6-11,14,17,22H,2-5,12-13,15-16,18H2,1H3. The number of fused-ring (bicyclic) bond motifs is 1. The molecule has 1 aliphatic carbocycles. The lowest BCUT2D eigenvalue weighted by atomic mass is 9.93. The van der Waals surface area contributed by atoms with Gasteiger partial charge in [-0.15, -0.1) is 0 Å². The summed E-state index contributed by atoms with van der Waals surface area (Å²) in [7, 11) is -3.66. The third-order valence-electron chi connectivity index (χ3n) is 6.43. The van der Waals surface area contributed by atoms with E-state index in [2.05, 4.69) is 6.07 Å². The molecule has 0 unspecified atom stereocenters. The molecule has 0 radical (unpaired) electrons. The minimum atomic E-state index is -3.66. The van der Waals surface area contributed by atoms with Crippen LogP contribution in [0.3, 0.4) is 0 Å². The molecule has 0 atom stereocenters. The van der Waals surface area contributed by atoms with Crippen LogP contribution in [0.15, 0.2) is 53.4 Å². The van der Waals surface area contributed by atoms with E-state index in [9.17, 15) is 13.2 Å². The summed E-state index contributed by atoms with van der Waals surface area (Å²) in [6, 6.07) is 14.8. The van der Waals surface area contributed by atoms with Crippen LogP contribution in [0.2, 0.25) is 0 Å². The SMILES string of the molecule is CCN(C(=O)c1cccc(S(=O)(=O)N2CCc3ccccc3C2)c1)C1CCCCC1. The molecule has 0 spiro atoms. The Hall–Kier alpha value is -2.18. The Morgan fingerprint density at radius 3 is 2.50 bits per heavy atom.